The molecule has 0 N–H and O–H groups in total. The van der Waals surface area contributed by atoms with Gasteiger partial charge in [-0.05, 0) is 80.1 Å². The van der Waals surface area contributed by atoms with E-state index in [9.17, 15) is 9.59 Å². The number of allylic oxidation sites excluding steroid dienone is 1. The van der Waals surface area contributed by atoms with Gasteiger partial charge >= 0.3 is 0 Å². The van der Waals surface area contributed by atoms with Crippen LogP contribution in [0.3, 0.4) is 0 Å². The maximum Gasteiger partial charge on any atom is 0.239 e. The lowest BCUT2D eigenvalue weighted by Crippen LogP contribution is -2.51. The van der Waals surface area contributed by atoms with E-state index < -0.39 is 0 Å². The second-order valence-electron chi connectivity index (χ2n) is 10.4. The standard InChI is InChI=1S/C23H32N2O2/c1-13-21-20(25(24-13)14(2)26)12-19-17-6-5-15-11-16(27)7-9-22(15,3)18(17)8-10-23(19,21)4/h11,17-21H,5-10,12H2,1-4H3/t17?,18?,19?,20?,21?,22-,23-/m0/s1. The normalized spacial score (nSPS) is 48.2. The molecule has 3 saturated carbocycles. The minimum absolute atomic E-state index is 0.0901. The minimum Gasteiger partial charge on any atom is -0.295 e. The van der Waals surface area contributed by atoms with Gasteiger partial charge in [0.15, 0.2) is 5.78 Å². The number of fused-ring (bicyclic) bond motifs is 7. The molecule has 5 unspecified atom stereocenters. The molecule has 3 fully saturated rings. The lowest BCUT2D eigenvalue weighted by Gasteiger charge is -2.58. The Hall–Kier alpha value is -1.45. The van der Waals surface area contributed by atoms with Crippen LogP contribution in [0, 0.1) is 34.5 Å². The molecule has 0 spiro atoms. The number of hydrogen-bond acceptors (Lipinski definition) is 3. The van der Waals surface area contributed by atoms with Crippen molar-refractivity contribution in [2.45, 2.75) is 78.7 Å². The zero-order chi connectivity index (χ0) is 19.1. The zero-order valence-electron chi connectivity index (χ0n) is 17.1. The summed E-state index contributed by atoms with van der Waals surface area (Å²) in [5, 5.41) is 6.45. The van der Waals surface area contributed by atoms with Gasteiger partial charge in [0, 0.05) is 25.0 Å². The van der Waals surface area contributed by atoms with E-state index >= 15 is 0 Å². The van der Waals surface area contributed by atoms with E-state index in [1.54, 1.807) is 11.9 Å². The summed E-state index contributed by atoms with van der Waals surface area (Å²) >= 11 is 0. The van der Waals surface area contributed by atoms with Crippen LogP contribution in [0.1, 0.15) is 72.6 Å². The number of nitrogens with zero attached hydrogens (tertiary/aromatic N) is 2. The number of hydrogen-bond donors (Lipinski definition) is 0. The molecule has 27 heavy (non-hydrogen) atoms. The lowest BCUT2D eigenvalue weighted by molar-refractivity contribution is -0.130. The van der Waals surface area contributed by atoms with Crippen molar-refractivity contribution in [2.24, 2.45) is 39.6 Å². The van der Waals surface area contributed by atoms with Crippen molar-refractivity contribution in [1.82, 2.24) is 5.01 Å². The van der Waals surface area contributed by atoms with E-state index in [1.165, 1.54) is 30.5 Å². The molecule has 0 aromatic carbocycles. The van der Waals surface area contributed by atoms with Gasteiger partial charge in [-0.2, -0.15) is 5.10 Å². The first kappa shape index (κ1) is 17.6. The third-order valence-corrected chi connectivity index (χ3v) is 9.34. The number of hydrazone groups is 1. The topological polar surface area (TPSA) is 49.7 Å². The second kappa shape index (κ2) is 5.55. The molecule has 1 aliphatic heterocycles. The maximum atomic E-state index is 12.2. The third-order valence-electron chi connectivity index (χ3n) is 9.34. The predicted octanol–water partition coefficient (Wildman–Crippen LogP) is 4.35. The number of ketones is 1. The molecule has 4 nitrogen and oxygen atoms in total. The van der Waals surface area contributed by atoms with Gasteiger partial charge in [0.25, 0.3) is 0 Å². The van der Waals surface area contributed by atoms with Crippen molar-refractivity contribution in [1.29, 1.82) is 0 Å². The Morgan fingerprint density at radius 1 is 1.19 bits per heavy atom. The van der Waals surface area contributed by atoms with Crippen molar-refractivity contribution < 1.29 is 9.59 Å². The molecule has 146 valence electrons. The average molecular weight is 369 g/mol. The van der Waals surface area contributed by atoms with Crippen LogP contribution < -0.4 is 0 Å². The third kappa shape index (κ3) is 2.19. The van der Waals surface area contributed by atoms with Crippen LogP contribution in [0.25, 0.3) is 0 Å². The summed E-state index contributed by atoms with van der Waals surface area (Å²) in [7, 11) is 0. The van der Waals surface area contributed by atoms with E-state index in [2.05, 4.69) is 25.9 Å². The monoisotopic (exact) mass is 368 g/mol. The van der Waals surface area contributed by atoms with Crippen LogP contribution in [0.2, 0.25) is 0 Å². The van der Waals surface area contributed by atoms with Crippen molar-refractivity contribution in [3.63, 3.8) is 0 Å². The maximum absolute atomic E-state index is 12.2. The van der Waals surface area contributed by atoms with Crippen LogP contribution in [-0.2, 0) is 9.59 Å². The highest BCUT2D eigenvalue weighted by molar-refractivity contribution is 5.92. The van der Waals surface area contributed by atoms with Crippen molar-refractivity contribution in [3.8, 4) is 0 Å². The highest BCUT2D eigenvalue weighted by Gasteiger charge is 2.64. The summed E-state index contributed by atoms with van der Waals surface area (Å²) in [6, 6.07) is 0.272. The summed E-state index contributed by atoms with van der Waals surface area (Å²) in [6.07, 6.45) is 9.66. The summed E-state index contributed by atoms with van der Waals surface area (Å²) in [5.41, 5.74) is 3.10. The van der Waals surface area contributed by atoms with Gasteiger partial charge in [-0.1, -0.05) is 19.4 Å². The Bertz CT molecular complexity index is 783. The molecule has 5 aliphatic rings. The summed E-state index contributed by atoms with van der Waals surface area (Å²) in [6.45, 7) is 8.72. The summed E-state index contributed by atoms with van der Waals surface area (Å²) < 4.78 is 0. The molecule has 4 aliphatic carbocycles. The van der Waals surface area contributed by atoms with E-state index in [0.717, 1.165) is 31.6 Å². The molecule has 4 heteroatoms. The minimum atomic E-state index is 0.0901. The van der Waals surface area contributed by atoms with Gasteiger partial charge < -0.3 is 0 Å². The van der Waals surface area contributed by atoms with Gasteiger partial charge in [0.1, 0.15) is 0 Å². The highest BCUT2D eigenvalue weighted by Crippen LogP contribution is 2.67. The Labute approximate surface area is 162 Å². The van der Waals surface area contributed by atoms with Gasteiger partial charge in [-0.15, -0.1) is 0 Å². The van der Waals surface area contributed by atoms with Crippen LogP contribution >= 0.6 is 0 Å². The van der Waals surface area contributed by atoms with Crippen molar-refractivity contribution in [2.75, 3.05) is 0 Å². The summed E-state index contributed by atoms with van der Waals surface area (Å²) in [5.74, 6) is 2.96. The Kier molecular flexibility index (Phi) is 3.62. The van der Waals surface area contributed by atoms with Gasteiger partial charge in [-0.25, -0.2) is 5.01 Å². The van der Waals surface area contributed by atoms with E-state index in [1.807, 2.05) is 6.08 Å². The van der Waals surface area contributed by atoms with E-state index in [4.69, 9.17) is 0 Å². The van der Waals surface area contributed by atoms with Crippen LogP contribution in [-0.4, -0.2) is 28.5 Å². The summed E-state index contributed by atoms with van der Waals surface area (Å²) in [4.78, 5) is 24.2. The van der Waals surface area contributed by atoms with Gasteiger partial charge in [-0.3, -0.25) is 9.59 Å². The quantitative estimate of drug-likeness (QED) is 0.638. The zero-order valence-corrected chi connectivity index (χ0v) is 17.1. The van der Waals surface area contributed by atoms with Crippen LogP contribution in [0.15, 0.2) is 16.8 Å². The van der Waals surface area contributed by atoms with Gasteiger partial charge in [0.05, 0.1) is 6.04 Å². The Morgan fingerprint density at radius 2 is 1.96 bits per heavy atom. The molecule has 5 rings (SSSR count). The fraction of sp³-hybridized carbons (Fsp3) is 0.783. The first-order chi connectivity index (χ1) is 12.8. The van der Waals surface area contributed by atoms with Crippen molar-refractivity contribution in [3.05, 3.63) is 11.6 Å². The SMILES string of the molecule is CC(=O)N1N=C(C)C2C1CC1C3CCC4=CC(=O)CC[C@]4(C)C3CC[C@@]12C. The smallest absolute Gasteiger partial charge is 0.239 e. The number of carbonyl (C=O) groups excluding carboxylic acids is 2. The number of amides is 1. The average Bonchev–Trinajstić information content (AvgIpc) is 3.11. The van der Waals surface area contributed by atoms with Crippen molar-refractivity contribution >= 4 is 17.4 Å². The molecule has 0 bridgehead atoms. The van der Waals surface area contributed by atoms with Crippen LogP contribution in [0.4, 0.5) is 0 Å². The van der Waals surface area contributed by atoms with E-state index in [0.29, 0.717) is 23.5 Å². The number of rotatable bonds is 0. The highest BCUT2D eigenvalue weighted by atomic mass is 16.2. The van der Waals surface area contributed by atoms with Crippen LogP contribution in [0.5, 0.6) is 0 Å². The molecule has 7 atom stereocenters. The Balaban J connectivity index is 1.50. The molecule has 0 aromatic heterocycles. The van der Waals surface area contributed by atoms with Gasteiger partial charge in [0.2, 0.25) is 5.91 Å². The Morgan fingerprint density at radius 3 is 2.70 bits per heavy atom. The fourth-order valence-corrected chi connectivity index (χ4v) is 8.18. The van der Waals surface area contributed by atoms with E-state index in [-0.39, 0.29) is 22.8 Å². The molecule has 0 saturated heterocycles. The first-order valence-corrected chi connectivity index (χ1v) is 10.8. The molecule has 1 heterocycles. The molecule has 0 aromatic rings. The number of carbonyl (C=O) groups is 2. The predicted molar refractivity (Wildman–Crippen MR) is 105 cm³/mol. The molecular formula is C23H32N2O2. The molecule has 1 amide bonds. The molecule has 0 radical (unpaired) electrons. The second-order valence-corrected chi connectivity index (χ2v) is 10.4. The largest absolute Gasteiger partial charge is 0.295 e. The lowest BCUT2D eigenvalue weighted by atomic mass is 9.46. The fourth-order valence-electron chi connectivity index (χ4n) is 8.18. The first-order valence-electron chi connectivity index (χ1n) is 10.8. The molecular weight excluding hydrogens is 336 g/mol.